The van der Waals surface area contributed by atoms with Gasteiger partial charge in [-0.25, -0.2) is 4.79 Å². The molecule has 5 N–H and O–H groups in total. The number of aliphatic carboxylic acids is 1. The third-order valence-electron chi connectivity index (χ3n) is 3.66. The molecule has 1 saturated heterocycles. The van der Waals surface area contributed by atoms with E-state index in [9.17, 15) is 20.1 Å². The number of aliphatic hydroxyl groups excluding tert-OH is 3. The molecule has 2 aromatic rings. The number of benzene rings is 1. The zero-order valence-electron chi connectivity index (χ0n) is 11.6. The van der Waals surface area contributed by atoms with Gasteiger partial charge in [-0.15, -0.1) is 0 Å². The smallest absolute Gasteiger partial charge is 0.335 e. The molecule has 0 spiro atoms. The molecule has 8 nitrogen and oxygen atoms in total. The number of fused-ring (bicyclic) bond motifs is 1. The summed E-state index contributed by atoms with van der Waals surface area (Å²) in [6, 6.07) is 4.99. The lowest BCUT2D eigenvalue weighted by molar-refractivity contribution is -0.270. The second-order valence-corrected chi connectivity index (χ2v) is 5.63. The van der Waals surface area contributed by atoms with Gasteiger partial charge < -0.3 is 34.9 Å². The van der Waals surface area contributed by atoms with Gasteiger partial charge in [-0.2, -0.15) is 0 Å². The molecule has 2 heterocycles. The number of carboxylic acid groups (broad SMARTS) is 1. The molecule has 3 rings (SSSR count). The van der Waals surface area contributed by atoms with E-state index in [-0.39, 0.29) is 5.75 Å². The normalized spacial score (nSPS) is 31.2. The second kappa shape index (κ2) is 5.99. The molecule has 0 saturated carbocycles. The number of ether oxygens (including phenoxy) is 2. The molecule has 0 unspecified atom stereocenters. The predicted molar refractivity (Wildman–Crippen MR) is 78.3 cm³/mol. The van der Waals surface area contributed by atoms with Crippen molar-refractivity contribution in [1.29, 1.82) is 0 Å². The van der Waals surface area contributed by atoms with Gasteiger partial charge >= 0.3 is 5.97 Å². The molecule has 1 aromatic heterocycles. The average molecular weight is 344 g/mol. The van der Waals surface area contributed by atoms with Crippen molar-refractivity contribution in [1.82, 2.24) is 4.98 Å². The van der Waals surface area contributed by atoms with Crippen LogP contribution in [0.15, 0.2) is 24.4 Å². The van der Waals surface area contributed by atoms with Crippen LogP contribution in [0.5, 0.6) is 5.75 Å². The van der Waals surface area contributed by atoms with Gasteiger partial charge in [-0.1, -0.05) is 11.6 Å². The summed E-state index contributed by atoms with van der Waals surface area (Å²) >= 11 is 5.88. The topological polar surface area (TPSA) is 132 Å². The minimum Gasteiger partial charge on any atom is -0.479 e. The summed E-state index contributed by atoms with van der Waals surface area (Å²) in [7, 11) is 0. The summed E-state index contributed by atoms with van der Waals surface area (Å²) < 4.78 is 10.5. The van der Waals surface area contributed by atoms with E-state index in [1.165, 1.54) is 6.20 Å². The summed E-state index contributed by atoms with van der Waals surface area (Å²) in [6.07, 6.45) is -6.76. The number of carboxylic acids is 1. The fourth-order valence-electron chi connectivity index (χ4n) is 2.44. The largest absolute Gasteiger partial charge is 0.479 e. The lowest BCUT2D eigenvalue weighted by atomic mass is 9.99. The second-order valence-electron chi connectivity index (χ2n) is 5.20. The molecule has 1 aliphatic rings. The van der Waals surface area contributed by atoms with Gasteiger partial charge in [0, 0.05) is 16.6 Å². The highest BCUT2D eigenvalue weighted by atomic mass is 35.5. The Morgan fingerprint density at radius 3 is 2.65 bits per heavy atom. The predicted octanol–water partition coefficient (Wildman–Crippen LogP) is 0.0923. The Balaban J connectivity index is 1.86. The van der Waals surface area contributed by atoms with Crippen LogP contribution in [-0.4, -0.2) is 62.1 Å². The van der Waals surface area contributed by atoms with Crippen LogP contribution in [0.2, 0.25) is 5.02 Å². The van der Waals surface area contributed by atoms with Crippen LogP contribution in [0.4, 0.5) is 0 Å². The van der Waals surface area contributed by atoms with E-state index in [0.717, 1.165) is 0 Å². The molecule has 0 aliphatic carbocycles. The van der Waals surface area contributed by atoms with Crippen molar-refractivity contribution in [3.63, 3.8) is 0 Å². The molecule has 1 fully saturated rings. The summed E-state index contributed by atoms with van der Waals surface area (Å²) in [5, 5.41) is 39.5. The van der Waals surface area contributed by atoms with Crippen LogP contribution in [-0.2, 0) is 9.53 Å². The van der Waals surface area contributed by atoms with Gasteiger partial charge in [0.15, 0.2) is 6.10 Å². The molecule has 1 aliphatic heterocycles. The number of aromatic amines is 1. The Labute approximate surface area is 134 Å². The first-order chi connectivity index (χ1) is 10.9. The Morgan fingerprint density at radius 1 is 1.22 bits per heavy atom. The molecule has 0 amide bonds. The number of halogens is 1. The zero-order chi connectivity index (χ0) is 16.7. The summed E-state index contributed by atoms with van der Waals surface area (Å²) in [4.78, 5) is 14.0. The van der Waals surface area contributed by atoms with Crippen LogP contribution >= 0.6 is 11.6 Å². The van der Waals surface area contributed by atoms with E-state index in [2.05, 4.69) is 4.98 Å². The number of aliphatic hydroxyl groups is 3. The molecule has 0 radical (unpaired) electrons. The fraction of sp³-hybridized carbons (Fsp3) is 0.357. The summed E-state index contributed by atoms with van der Waals surface area (Å²) in [5.74, 6) is -1.18. The van der Waals surface area contributed by atoms with E-state index < -0.39 is 36.7 Å². The Bertz CT molecular complexity index is 733. The highest BCUT2D eigenvalue weighted by Crippen LogP contribution is 2.31. The molecule has 124 valence electrons. The van der Waals surface area contributed by atoms with Crippen molar-refractivity contribution in [2.24, 2.45) is 0 Å². The number of nitrogens with one attached hydrogen (secondary N) is 1. The maximum atomic E-state index is 11.1. The summed E-state index contributed by atoms with van der Waals surface area (Å²) in [5.41, 5.74) is 0.674. The van der Waals surface area contributed by atoms with Crippen molar-refractivity contribution >= 4 is 28.5 Å². The number of carbonyl (C=O) groups is 1. The Kier molecular flexibility index (Phi) is 4.17. The van der Waals surface area contributed by atoms with E-state index in [1.807, 2.05) is 0 Å². The first-order valence-electron chi connectivity index (χ1n) is 6.74. The van der Waals surface area contributed by atoms with Crippen molar-refractivity contribution in [3.8, 4) is 5.75 Å². The molecule has 5 atom stereocenters. The lowest BCUT2D eigenvalue weighted by Crippen LogP contribution is -2.61. The SMILES string of the molecule is O=C(O)[C@H]1O[C@@H](Oc2c[nH]c3cc(Cl)ccc23)[C@H](O)[C@@H](O)[C@@H]1O. The Hall–Kier alpha value is -1.84. The van der Waals surface area contributed by atoms with Gasteiger partial charge in [0.25, 0.3) is 0 Å². The maximum absolute atomic E-state index is 11.1. The van der Waals surface area contributed by atoms with Gasteiger partial charge in [0.05, 0.1) is 5.52 Å². The van der Waals surface area contributed by atoms with Gasteiger partial charge in [-0.3, -0.25) is 0 Å². The minimum atomic E-state index is -1.76. The molecule has 1 aromatic carbocycles. The first kappa shape index (κ1) is 16.0. The number of hydrogen-bond acceptors (Lipinski definition) is 6. The lowest BCUT2D eigenvalue weighted by Gasteiger charge is -2.38. The van der Waals surface area contributed by atoms with Gasteiger partial charge in [0.1, 0.15) is 24.1 Å². The van der Waals surface area contributed by atoms with E-state index in [1.54, 1.807) is 18.2 Å². The molecule has 23 heavy (non-hydrogen) atoms. The molecular formula is C14H14ClNO7. The van der Waals surface area contributed by atoms with Gasteiger partial charge in [0.2, 0.25) is 6.29 Å². The van der Waals surface area contributed by atoms with Gasteiger partial charge in [-0.05, 0) is 18.2 Å². The molecule has 9 heteroatoms. The van der Waals surface area contributed by atoms with Crippen molar-refractivity contribution in [2.75, 3.05) is 0 Å². The van der Waals surface area contributed by atoms with Crippen molar-refractivity contribution in [2.45, 2.75) is 30.7 Å². The molecule has 0 bridgehead atoms. The number of H-pyrrole nitrogens is 1. The van der Waals surface area contributed by atoms with Crippen LogP contribution in [0.25, 0.3) is 10.9 Å². The average Bonchev–Trinajstić information content (AvgIpc) is 2.89. The quantitative estimate of drug-likeness (QED) is 0.533. The zero-order valence-corrected chi connectivity index (χ0v) is 12.3. The maximum Gasteiger partial charge on any atom is 0.335 e. The third-order valence-corrected chi connectivity index (χ3v) is 3.90. The fourth-order valence-corrected chi connectivity index (χ4v) is 2.62. The Morgan fingerprint density at radius 2 is 1.96 bits per heavy atom. The molecular weight excluding hydrogens is 330 g/mol. The highest BCUT2D eigenvalue weighted by molar-refractivity contribution is 6.31. The van der Waals surface area contributed by atoms with Crippen LogP contribution < -0.4 is 4.74 Å². The van der Waals surface area contributed by atoms with Crippen LogP contribution in [0.1, 0.15) is 0 Å². The van der Waals surface area contributed by atoms with Crippen molar-refractivity contribution in [3.05, 3.63) is 29.4 Å². The van der Waals surface area contributed by atoms with Crippen LogP contribution in [0, 0.1) is 0 Å². The number of aromatic nitrogens is 1. The first-order valence-corrected chi connectivity index (χ1v) is 7.12. The monoisotopic (exact) mass is 343 g/mol. The van der Waals surface area contributed by atoms with E-state index in [4.69, 9.17) is 26.2 Å². The third kappa shape index (κ3) is 2.87. The van der Waals surface area contributed by atoms with Crippen molar-refractivity contribution < 1.29 is 34.7 Å². The van der Waals surface area contributed by atoms with E-state index >= 15 is 0 Å². The standard InChI is InChI=1S/C14H14ClNO7/c15-5-1-2-6-7(3-5)16-4-8(6)22-14-11(19)9(17)10(18)12(23-14)13(20)21/h1-4,9-12,14,16-19H,(H,20,21)/t9-,10-,11+,12-,14+/m0/s1. The number of hydrogen-bond donors (Lipinski definition) is 5. The van der Waals surface area contributed by atoms with E-state index in [0.29, 0.717) is 15.9 Å². The summed E-state index contributed by atoms with van der Waals surface area (Å²) in [6.45, 7) is 0. The van der Waals surface area contributed by atoms with Crippen LogP contribution in [0.3, 0.4) is 0 Å². The minimum absolute atomic E-state index is 0.286. The number of rotatable bonds is 3. The highest BCUT2D eigenvalue weighted by Gasteiger charge is 2.48.